The van der Waals surface area contributed by atoms with Crippen molar-refractivity contribution in [3.05, 3.63) is 48.2 Å². The van der Waals surface area contributed by atoms with Crippen molar-refractivity contribution in [3.8, 4) is 11.3 Å². The number of esters is 1. The van der Waals surface area contributed by atoms with Gasteiger partial charge >= 0.3 is 5.97 Å². The van der Waals surface area contributed by atoms with Crippen molar-refractivity contribution in [3.63, 3.8) is 0 Å². The first-order valence-corrected chi connectivity index (χ1v) is 7.79. The van der Waals surface area contributed by atoms with Crippen LogP contribution in [0.25, 0.3) is 11.3 Å². The summed E-state index contributed by atoms with van der Waals surface area (Å²) in [5, 5.41) is 0. The van der Waals surface area contributed by atoms with Gasteiger partial charge in [0.15, 0.2) is 0 Å². The lowest BCUT2D eigenvalue weighted by Crippen LogP contribution is -2.28. The van der Waals surface area contributed by atoms with Gasteiger partial charge in [-0.3, -0.25) is 9.78 Å². The monoisotopic (exact) mass is 312 g/mol. The number of ether oxygens (including phenoxy) is 1. The summed E-state index contributed by atoms with van der Waals surface area (Å²) in [5.41, 5.74) is 9.11. The molecule has 4 nitrogen and oxygen atoms in total. The summed E-state index contributed by atoms with van der Waals surface area (Å²) >= 11 is 0. The topological polar surface area (TPSA) is 65.2 Å². The van der Waals surface area contributed by atoms with E-state index >= 15 is 0 Å². The fourth-order valence-corrected chi connectivity index (χ4v) is 2.33. The minimum Gasteiger partial charge on any atom is -0.460 e. The lowest BCUT2D eigenvalue weighted by atomic mass is 9.98. The van der Waals surface area contributed by atoms with E-state index in [1.807, 2.05) is 64.1 Å². The molecule has 0 aliphatic carbocycles. The van der Waals surface area contributed by atoms with Crippen molar-refractivity contribution < 1.29 is 9.53 Å². The molecule has 0 bridgehead atoms. The Hall–Kier alpha value is -2.36. The molecule has 0 aliphatic rings. The molecule has 23 heavy (non-hydrogen) atoms. The van der Waals surface area contributed by atoms with Gasteiger partial charge in [-0.05, 0) is 51.0 Å². The van der Waals surface area contributed by atoms with Crippen molar-refractivity contribution in [2.24, 2.45) is 5.92 Å². The maximum absolute atomic E-state index is 12.1. The molecule has 1 unspecified atom stereocenters. The van der Waals surface area contributed by atoms with Crippen LogP contribution in [0.15, 0.2) is 42.6 Å². The normalized spacial score (nSPS) is 12.7. The van der Waals surface area contributed by atoms with Crippen molar-refractivity contribution >= 4 is 11.7 Å². The van der Waals surface area contributed by atoms with Gasteiger partial charge in [0.2, 0.25) is 0 Å². The van der Waals surface area contributed by atoms with Gasteiger partial charge in [-0.2, -0.15) is 0 Å². The molecule has 0 radical (unpaired) electrons. The Morgan fingerprint density at radius 1 is 1.26 bits per heavy atom. The van der Waals surface area contributed by atoms with E-state index in [1.54, 1.807) is 6.20 Å². The van der Waals surface area contributed by atoms with Crippen LogP contribution in [0.5, 0.6) is 0 Å². The lowest BCUT2D eigenvalue weighted by Gasteiger charge is -2.22. The number of anilines is 1. The molecule has 0 spiro atoms. The van der Waals surface area contributed by atoms with E-state index in [1.165, 1.54) is 0 Å². The van der Waals surface area contributed by atoms with Crippen LogP contribution in [0.3, 0.4) is 0 Å². The standard InChI is InChI=1S/C19H24N2O2/c1-13(18(22)23-19(2,3)4)11-14-8-9-15(16(20)12-14)17-7-5-6-10-21-17/h5-10,12-13H,11,20H2,1-4H3. The number of nitrogen functional groups attached to an aromatic ring is 1. The number of benzene rings is 1. The van der Waals surface area contributed by atoms with E-state index in [-0.39, 0.29) is 11.9 Å². The number of nitrogens with zero attached hydrogens (tertiary/aromatic N) is 1. The van der Waals surface area contributed by atoms with Crippen LogP contribution in [-0.2, 0) is 16.0 Å². The number of carbonyl (C=O) groups is 1. The second kappa shape index (κ2) is 6.82. The molecule has 1 heterocycles. The van der Waals surface area contributed by atoms with Crippen LogP contribution in [0.1, 0.15) is 33.3 Å². The molecule has 1 aromatic heterocycles. The van der Waals surface area contributed by atoms with Crippen molar-refractivity contribution in [2.75, 3.05) is 5.73 Å². The zero-order valence-electron chi connectivity index (χ0n) is 14.2. The Labute approximate surface area is 137 Å². The predicted molar refractivity (Wildman–Crippen MR) is 92.8 cm³/mol. The first-order valence-electron chi connectivity index (χ1n) is 7.79. The van der Waals surface area contributed by atoms with Gasteiger partial charge in [-0.15, -0.1) is 0 Å². The molecule has 1 aromatic carbocycles. The first-order chi connectivity index (χ1) is 10.8. The fraction of sp³-hybridized carbons (Fsp3) is 0.368. The Balaban J connectivity index is 2.10. The molecular weight excluding hydrogens is 288 g/mol. The van der Waals surface area contributed by atoms with Crippen LogP contribution in [0, 0.1) is 5.92 Å². The Kier molecular flexibility index (Phi) is 5.04. The van der Waals surface area contributed by atoms with Gasteiger partial charge in [0.1, 0.15) is 5.60 Å². The summed E-state index contributed by atoms with van der Waals surface area (Å²) in [4.78, 5) is 16.4. The summed E-state index contributed by atoms with van der Waals surface area (Å²) in [7, 11) is 0. The summed E-state index contributed by atoms with van der Waals surface area (Å²) in [6.45, 7) is 7.49. The Morgan fingerprint density at radius 3 is 2.57 bits per heavy atom. The SMILES string of the molecule is CC(Cc1ccc(-c2ccccn2)c(N)c1)C(=O)OC(C)(C)C. The van der Waals surface area contributed by atoms with E-state index < -0.39 is 5.60 Å². The number of aromatic nitrogens is 1. The molecule has 0 saturated heterocycles. The van der Waals surface area contributed by atoms with E-state index in [2.05, 4.69) is 4.98 Å². The highest BCUT2D eigenvalue weighted by molar-refractivity contribution is 5.75. The van der Waals surface area contributed by atoms with Gasteiger partial charge in [0.25, 0.3) is 0 Å². The number of hydrogen-bond acceptors (Lipinski definition) is 4. The fourth-order valence-electron chi connectivity index (χ4n) is 2.33. The van der Waals surface area contributed by atoms with Crippen molar-refractivity contribution in [1.82, 2.24) is 4.98 Å². The largest absolute Gasteiger partial charge is 0.460 e. The lowest BCUT2D eigenvalue weighted by molar-refractivity contribution is -0.159. The quantitative estimate of drug-likeness (QED) is 0.688. The molecule has 0 aliphatic heterocycles. The van der Waals surface area contributed by atoms with Crippen LogP contribution >= 0.6 is 0 Å². The van der Waals surface area contributed by atoms with Gasteiger partial charge in [-0.25, -0.2) is 0 Å². The van der Waals surface area contributed by atoms with Crippen molar-refractivity contribution in [1.29, 1.82) is 0 Å². The molecule has 1 atom stereocenters. The van der Waals surface area contributed by atoms with Gasteiger partial charge < -0.3 is 10.5 Å². The summed E-state index contributed by atoms with van der Waals surface area (Å²) in [6, 6.07) is 11.6. The minimum absolute atomic E-state index is 0.190. The number of nitrogens with two attached hydrogens (primary N) is 1. The van der Waals surface area contributed by atoms with Crippen LogP contribution < -0.4 is 5.73 Å². The molecule has 2 N–H and O–H groups in total. The molecular formula is C19H24N2O2. The zero-order chi connectivity index (χ0) is 17.0. The minimum atomic E-state index is -0.465. The highest BCUT2D eigenvalue weighted by Gasteiger charge is 2.22. The maximum Gasteiger partial charge on any atom is 0.309 e. The van der Waals surface area contributed by atoms with Gasteiger partial charge in [0, 0.05) is 17.4 Å². The number of hydrogen-bond donors (Lipinski definition) is 1. The third kappa shape index (κ3) is 4.81. The van der Waals surface area contributed by atoms with E-state index in [9.17, 15) is 4.79 Å². The highest BCUT2D eigenvalue weighted by Crippen LogP contribution is 2.26. The third-order valence-corrected chi connectivity index (χ3v) is 3.41. The van der Waals surface area contributed by atoms with Crippen LogP contribution in [0.4, 0.5) is 5.69 Å². The third-order valence-electron chi connectivity index (χ3n) is 3.41. The highest BCUT2D eigenvalue weighted by atomic mass is 16.6. The number of pyridine rings is 1. The summed E-state index contributed by atoms with van der Waals surface area (Å²) < 4.78 is 5.41. The maximum atomic E-state index is 12.1. The van der Waals surface area contributed by atoms with Crippen molar-refractivity contribution in [2.45, 2.75) is 39.7 Å². The van der Waals surface area contributed by atoms with Gasteiger partial charge in [-0.1, -0.05) is 25.1 Å². The molecule has 2 rings (SSSR count). The van der Waals surface area contributed by atoms with E-state index in [0.29, 0.717) is 12.1 Å². The second-order valence-corrected chi connectivity index (χ2v) is 6.78. The number of rotatable bonds is 4. The average molecular weight is 312 g/mol. The van der Waals surface area contributed by atoms with Crippen LogP contribution in [0.2, 0.25) is 0 Å². The first kappa shape index (κ1) is 17.0. The molecule has 0 saturated carbocycles. The predicted octanol–water partition coefficient (Wildman–Crippen LogP) is 3.85. The molecule has 122 valence electrons. The Bertz CT molecular complexity index is 676. The number of carbonyl (C=O) groups excluding carboxylic acids is 1. The molecule has 0 fully saturated rings. The average Bonchev–Trinajstić information content (AvgIpc) is 2.46. The Morgan fingerprint density at radius 2 is 2.00 bits per heavy atom. The second-order valence-electron chi connectivity index (χ2n) is 6.78. The van der Waals surface area contributed by atoms with Gasteiger partial charge in [0.05, 0.1) is 11.6 Å². The van der Waals surface area contributed by atoms with E-state index in [4.69, 9.17) is 10.5 Å². The van der Waals surface area contributed by atoms with E-state index in [0.717, 1.165) is 16.8 Å². The summed E-state index contributed by atoms with van der Waals surface area (Å²) in [6.07, 6.45) is 2.34. The van der Waals surface area contributed by atoms with Crippen LogP contribution in [-0.4, -0.2) is 16.6 Å². The molecule has 2 aromatic rings. The zero-order valence-corrected chi connectivity index (χ0v) is 14.2. The smallest absolute Gasteiger partial charge is 0.309 e. The molecule has 0 amide bonds. The molecule has 4 heteroatoms. The summed E-state index contributed by atoms with van der Waals surface area (Å²) in [5.74, 6) is -0.404.